The smallest absolute Gasteiger partial charge is 0.267 e. The van der Waals surface area contributed by atoms with Crippen molar-refractivity contribution in [2.24, 2.45) is 0 Å². The fourth-order valence-corrected chi connectivity index (χ4v) is 2.29. The van der Waals surface area contributed by atoms with Crippen LogP contribution in [0.4, 0.5) is 11.4 Å². The molecule has 0 bridgehead atoms. The molecule has 4 heteroatoms. The minimum atomic E-state index is -0.434. The summed E-state index contributed by atoms with van der Waals surface area (Å²) in [7, 11) is 0. The minimum absolute atomic E-state index is 0.0196. The summed E-state index contributed by atoms with van der Waals surface area (Å²) in [6.45, 7) is 8.28. The van der Waals surface area contributed by atoms with E-state index in [2.05, 4.69) is 24.5 Å². The molecular weight excluding hydrogens is 310 g/mol. The van der Waals surface area contributed by atoms with Gasteiger partial charge in [0.25, 0.3) is 5.91 Å². The number of carbonyl (C=O) groups excluding carboxylic acids is 1. The van der Waals surface area contributed by atoms with Crippen LogP contribution in [0.15, 0.2) is 54.2 Å². The van der Waals surface area contributed by atoms with Gasteiger partial charge in [0.2, 0.25) is 0 Å². The van der Waals surface area contributed by atoms with Gasteiger partial charge in [0, 0.05) is 17.6 Å². The molecule has 0 heterocycles. The topological polar surface area (TPSA) is 64.9 Å². The minimum Gasteiger partial charge on any atom is -0.360 e. The molecule has 0 saturated heterocycles. The summed E-state index contributed by atoms with van der Waals surface area (Å²) < 4.78 is 0. The van der Waals surface area contributed by atoms with Crippen LogP contribution in [0.1, 0.15) is 36.5 Å². The molecule has 0 aliphatic rings. The quantitative estimate of drug-likeness (QED) is 0.605. The summed E-state index contributed by atoms with van der Waals surface area (Å²) in [5.74, 6) is -0.00221. The van der Waals surface area contributed by atoms with Gasteiger partial charge in [0.05, 0.1) is 0 Å². The predicted molar refractivity (Wildman–Crippen MR) is 102 cm³/mol. The Hall–Kier alpha value is -3.06. The number of rotatable bonds is 5. The summed E-state index contributed by atoms with van der Waals surface area (Å²) in [4.78, 5) is 12.3. The Kier molecular flexibility index (Phi) is 5.97. The van der Waals surface area contributed by atoms with Gasteiger partial charge in [-0.1, -0.05) is 32.0 Å². The summed E-state index contributed by atoms with van der Waals surface area (Å²) in [5.41, 5.74) is 5.06. The Bertz CT molecular complexity index is 827. The van der Waals surface area contributed by atoms with E-state index in [-0.39, 0.29) is 5.57 Å². The molecule has 128 valence electrons. The molecule has 0 fully saturated rings. The van der Waals surface area contributed by atoms with E-state index in [1.807, 2.05) is 62.4 Å². The van der Waals surface area contributed by atoms with E-state index in [4.69, 9.17) is 0 Å². The van der Waals surface area contributed by atoms with Gasteiger partial charge in [-0.2, -0.15) is 5.26 Å². The number of nitrogens with one attached hydrogen (secondary N) is 2. The van der Waals surface area contributed by atoms with Crippen molar-refractivity contribution in [3.63, 3.8) is 0 Å². The number of amides is 1. The van der Waals surface area contributed by atoms with Crippen molar-refractivity contribution in [2.75, 3.05) is 10.6 Å². The van der Waals surface area contributed by atoms with Crippen LogP contribution in [0, 0.1) is 25.2 Å². The molecule has 0 unspecified atom stereocenters. The average molecular weight is 333 g/mol. The third kappa shape index (κ3) is 4.95. The maximum atomic E-state index is 12.3. The van der Waals surface area contributed by atoms with Gasteiger partial charge in [-0.15, -0.1) is 0 Å². The van der Waals surface area contributed by atoms with E-state index in [1.165, 1.54) is 17.3 Å². The Balaban J connectivity index is 2.07. The van der Waals surface area contributed by atoms with E-state index in [0.717, 1.165) is 11.3 Å². The van der Waals surface area contributed by atoms with E-state index < -0.39 is 5.91 Å². The second-order valence-corrected chi connectivity index (χ2v) is 6.34. The van der Waals surface area contributed by atoms with Gasteiger partial charge >= 0.3 is 0 Å². The number of anilines is 2. The van der Waals surface area contributed by atoms with Gasteiger partial charge in [0.15, 0.2) is 0 Å². The third-order valence-corrected chi connectivity index (χ3v) is 4.09. The van der Waals surface area contributed by atoms with Gasteiger partial charge in [-0.3, -0.25) is 4.79 Å². The van der Waals surface area contributed by atoms with Crippen molar-refractivity contribution >= 4 is 17.3 Å². The molecule has 2 aromatic carbocycles. The summed E-state index contributed by atoms with van der Waals surface area (Å²) in [5, 5.41) is 15.0. The highest BCUT2D eigenvalue weighted by atomic mass is 16.1. The van der Waals surface area contributed by atoms with Crippen LogP contribution >= 0.6 is 0 Å². The molecule has 25 heavy (non-hydrogen) atoms. The first-order valence-corrected chi connectivity index (χ1v) is 8.26. The number of nitrogens with zero attached hydrogens (tertiary/aromatic N) is 1. The second kappa shape index (κ2) is 8.16. The maximum Gasteiger partial charge on any atom is 0.267 e. The first-order chi connectivity index (χ1) is 11.9. The van der Waals surface area contributed by atoms with Crippen molar-refractivity contribution in [3.05, 3.63) is 70.9 Å². The van der Waals surface area contributed by atoms with Crippen molar-refractivity contribution in [1.29, 1.82) is 5.26 Å². The van der Waals surface area contributed by atoms with Crippen LogP contribution in [0.5, 0.6) is 0 Å². The van der Waals surface area contributed by atoms with Crippen molar-refractivity contribution in [2.45, 2.75) is 33.6 Å². The predicted octanol–water partition coefficient (Wildman–Crippen LogP) is 4.88. The Labute approximate surface area is 149 Å². The van der Waals surface area contributed by atoms with Gasteiger partial charge in [-0.05, 0) is 60.7 Å². The molecule has 0 aromatic heterocycles. The number of nitriles is 1. The molecule has 0 aliphatic heterocycles. The molecule has 4 nitrogen and oxygen atoms in total. The lowest BCUT2D eigenvalue weighted by Crippen LogP contribution is -2.14. The van der Waals surface area contributed by atoms with Crippen LogP contribution in [-0.2, 0) is 4.79 Å². The first-order valence-electron chi connectivity index (χ1n) is 8.26. The zero-order chi connectivity index (χ0) is 18.4. The van der Waals surface area contributed by atoms with Crippen LogP contribution in [0.3, 0.4) is 0 Å². The molecule has 2 N–H and O–H groups in total. The lowest BCUT2D eigenvalue weighted by Gasteiger charge is -2.09. The van der Waals surface area contributed by atoms with Gasteiger partial charge in [0.1, 0.15) is 11.6 Å². The largest absolute Gasteiger partial charge is 0.360 e. The highest BCUT2D eigenvalue weighted by Gasteiger charge is 2.09. The number of hydrogen-bond acceptors (Lipinski definition) is 3. The number of hydrogen-bond donors (Lipinski definition) is 2. The number of carbonyl (C=O) groups is 1. The van der Waals surface area contributed by atoms with E-state index in [1.54, 1.807) is 0 Å². The third-order valence-electron chi connectivity index (χ3n) is 4.09. The Morgan fingerprint density at radius 1 is 1.04 bits per heavy atom. The monoisotopic (exact) mass is 333 g/mol. The molecule has 0 atom stereocenters. The standard InChI is InChI=1S/C21H23N3O/c1-14(2)17-6-9-19(10-7-17)24-21(25)18(12-22)13-23-20-8-5-15(3)16(4)11-20/h5-11,13-14,23H,1-4H3,(H,24,25)/b18-13-. The van der Waals surface area contributed by atoms with Crippen molar-refractivity contribution in [3.8, 4) is 6.07 Å². The lowest BCUT2D eigenvalue weighted by molar-refractivity contribution is -0.112. The highest BCUT2D eigenvalue weighted by Crippen LogP contribution is 2.18. The maximum absolute atomic E-state index is 12.3. The molecule has 2 aromatic rings. The zero-order valence-corrected chi connectivity index (χ0v) is 15.1. The van der Waals surface area contributed by atoms with Crippen molar-refractivity contribution in [1.82, 2.24) is 0 Å². The molecule has 0 saturated carbocycles. The molecule has 0 aliphatic carbocycles. The Morgan fingerprint density at radius 2 is 1.68 bits per heavy atom. The average Bonchev–Trinajstić information content (AvgIpc) is 2.59. The van der Waals surface area contributed by atoms with Gasteiger partial charge in [-0.25, -0.2) is 0 Å². The fourth-order valence-electron chi connectivity index (χ4n) is 2.29. The summed E-state index contributed by atoms with van der Waals surface area (Å²) in [6.07, 6.45) is 1.43. The molecule has 2 rings (SSSR count). The van der Waals surface area contributed by atoms with E-state index in [9.17, 15) is 10.1 Å². The Morgan fingerprint density at radius 3 is 2.24 bits per heavy atom. The fraction of sp³-hybridized carbons (Fsp3) is 0.238. The normalized spacial score (nSPS) is 11.1. The summed E-state index contributed by atoms with van der Waals surface area (Å²) in [6, 6.07) is 15.5. The second-order valence-electron chi connectivity index (χ2n) is 6.34. The van der Waals surface area contributed by atoms with Crippen molar-refractivity contribution < 1.29 is 4.79 Å². The summed E-state index contributed by atoms with van der Waals surface area (Å²) >= 11 is 0. The van der Waals surface area contributed by atoms with Crippen LogP contribution in [0.2, 0.25) is 0 Å². The SMILES string of the molecule is Cc1ccc(N/C=C(/C#N)C(=O)Nc2ccc(C(C)C)cc2)cc1C. The molecule has 0 radical (unpaired) electrons. The molecule has 1 amide bonds. The lowest BCUT2D eigenvalue weighted by atomic mass is 10.0. The number of aryl methyl sites for hydroxylation is 2. The van der Waals surface area contributed by atoms with Crippen LogP contribution in [0.25, 0.3) is 0 Å². The molecule has 0 spiro atoms. The van der Waals surface area contributed by atoms with E-state index >= 15 is 0 Å². The highest BCUT2D eigenvalue weighted by molar-refractivity contribution is 6.06. The zero-order valence-electron chi connectivity index (χ0n) is 15.1. The van der Waals surface area contributed by atoms with E-state index in [0.29, 0.717) is 11.6 Å². The number of benzene rings is 2. The first kappa shape index (κ1) is 18.3. The molecular formula is C21H23N3O. The van der Waals surface area contributed by atoms with Crippen LogP contribution < -0.4 is 10.6 Å². The van der Waals surface area contributed by atoms with Gasteiger partial charge < -0.3 is 10.6 Å². The van der Waals surface area contributed by atoms with Crippen LogP contribution in [-0.4, -0.2) is 5.91 Å².